The van der Waals surface area contributed by atoms with Gasteiger partial charge in [0, 0.05) is 4.47 Å². The van der Waals surface area contributed by atoms with Gasteiger partial charge in [-0.3, -0.25) is 0 Å². The highest BCUT2D eigenvalue weighted by molar-refractivity contribution is 9.10. The van der Waals surface area contributed by atoms with E-state index in [0.29, 0.717) is 16.0 Å². The molecule has 5 nitrogen and oxygen atoms in total. The Morgan fingerprint density at radius 1 is 1.23 bits per heavy atom. The number of halogens is 2. The monoisotopic (exact) mass is 370 g/mol. The largest absolute Gasteiger partial charge is 0.465 e. The maximum absolute atomic E-state index is 13.2. The summed E-state index contributed by atoms with van der Waals surface area (Å²) in [6.45, 7) is 1.42. The van der Waals surface area contributed by atoms with E-state index in [1.54, 1.807) is 6.92 Å². The Bertz CT molecular complexity index is 723. The predicted octanol–water partition coefficient (Wildman–Crippen LogP) is 3.63. The van der Waals surface area contributed by atoms with Gasteiger partial charge in [-0.15, -0.1) is 0 Å². The van der Waals surface area contributed by atoms with E-state index in [2.05, 4.69) is 20.7 Å². The van der Waals surface area contributed by atoms with Gasteiger partial charge in [-0.05, 0) is 47.1 Å². The molecule has 0 aliphatic heterocycles. The number of aryl methyl sites for hydroxylation is 1. The maximum atomic E-state index is 13.2. The van der Waals surface area contributed by atoms with Crippen molar-refractivity contribution in [3.05, 3.63) is 57.2 Å². The number of hydrogen-bond acceptors (Lipinski definition) is 5. The molecule has 2 aromatic rings. The summed E-state index contributed by atoms with van der Waals surface area (Å²) in [7, 11) is 1.26. The van der Waals surface area contributed by atoms with Crippen LogP contribution in [0.1, 0.15) is 32.2 Å². The Hall–Kier alpha value is -2.15. The van der Waals surface area contributed by atoms with E-state index in [4.69, 9.17) is 9.15 Å². The Morgan fingerprint density at radius 2 is 1.95 bits per heavy atom. The molecule has 0 saturated heterocycles. The van der Waals surface area contributed by atoms with Crippen molar-refractivity contribution in [2.24, 2.45) is 0 Å². The fourth-order valence-electron chi connectivity index (χ4n) is 1.80. The van der Waals surface area contributed by atoms with Crippen LogP contribution in [0.25, 0.3) is 0 Å². The van der Waals surface area contributed by atoms with Crippen LogP contribution >= 0.6 is 15.9 Å². The van der Waals surface area contributed by atoms with Gasteiger partial charge in [-0.2, -0.15) is 0 Å². The second-order valence-electron chi connectivity index (χ2n) is 4.37. The molecule has 1 aromatic heterocycles. The van der Waals surface area contributed by atoms with Gasteiger partial charge in [0.05, 0.1) is 12.7 Å². The molecule has 1 aromatic carbocycles. The summed E-state index contributed by atoms with van der Waals surface area (Å²) in [4.78, 5) is 23.4. The van der Waals surface area contributed by atoms with Crippen LogP contribution in [0.5, 0.6) is 0 Å². The van der Waals surface area contributed by atoms with Crippen molar-refractivity contribution in [2.75, 3.05) is 7.11 Å². The fourth-order valence-corrected chi connectivity index (χ4v) is 2.20. The lowest BCUT2D eigenvalue weighted by Crippen LogP contribution is -2.06. The van der Waals surface area contributed by atoms with Crippen LogP contribution < -0.4 is 0 Å². The van der Waals surface area contributed by atoms with Crippen LogP contribution in [0.15, 0.2) is 33.2 Å². The molecule has 116 valence electrons. The summed E-state index contributed by atoms with van der Waals surface area (Å²) in [6.07, 6.45) is 0. The number of hydrogen-bond donors (Lipinski definition) is 0. The zero-order chi connectivity index (χ0) is 16.3. The van der Waals surface area contributed by atoms with Crippen LogP contribution in [-0.4, -0.2) is 19.0 Å². The SMILES string of the molecule is COC(=O)c1cc(COC(=O)c2cc(F)ccc2Br)oc1C. The third kappa shape index (κ3) is 3.54. The number of carbonyl (C=O) groups excluding carboxylic acids is 2. The molecular weight excluding hydrogens is 359 g/mol. The first kappa shape index (κ1) is 16.2. The van der Waals surface area contributed by atoms with Gasteiger partial charge in [0.15, 0.2) is 0 Å². The molecule has 0 fully saturated rings. The Labute approximate surface area is 134 Å². The molecule has 0 saturated carbocycles. The zero-order valence-corrected chi connectivity index (χ0v) is 13.4. The average Bonchev–Trinajstić information content (AvgIpc) is 2.87. The highest BCUT2D eigenvalue weighted by Gasteiger charge is 2.18. The van der Waals surface area contributed by atoms with Crippen LogP contribution in [-0.2, 0) is 16.1 Å². The Balaban J connectivity index is 2.08. The van der Waals surface area contributed by atoms with Gasteiger partial charge >= 0.3 is 11.9 Å². The lowest BCUT2D eigenvalue weighted by atomic mass is 10.2. The second-order valence-corrected chi connectivity index (χ2v) is 5.23. The first-order chi connectivity index (χ1) is 10.4. The Morgan fingerprint density at radius 3 is 2.64 bits per heavy atom. The molecule has 0 N–H and O–H groups in total. The minimum Gasteiger partial charge on any atom is -0.465 e. The molecule has 0 unspecified atom stereocenters. The number of benzene rings is 1. The molecule has 0 aliphatic carbocycles. The average molecular weight is 371 g/mol. The van der Waals surface area contributed by atoms with Gasteiger partial charge in [-0.25, -0.2) is 14.0 Å². The number of furan rings is 1. The van der Waals surface area contributed by atoms with Crippen molar-refractivity contribution in [1.29, 1.82) is 0 Å². The molecule has 0 aliphatic rings. The van der Waals surface area contributed by atoms with Gasteiger partial charge in [0.2, 0.25) is 0 Å². The second kappa shape index (κ2) is 6.74. The summed E-state index contributed by atoms with van der Waals surface area (Å²) in [5, 5.41) is 0. The molecule has 2 rings (SSSR count). The number of rotatable bonds is 4. The van der Waals surface area contributed by atoms with E-state index < -0.39 is 17.8 Å². The molecule has 7 heteroatoms. The molecular formula is C15H12BrFO5. The van der Waals surface area contributed by atoms with Crippen molar-refractivity contribution in [3.63, 3.8) is 0 Å². The van der Waals surface area contributed by atoms with Crippen molar-refractivity contribution < 1.29 is 27.9 Å². The standard InChI is InChI=1S/C15H12BrFO5/c1-8-11(14(18)20-2)6-10(22-8)7-21-15(19)12-5-9(17)3-4-13(12)16/h3-6H,7H2,1-2H3. The molecule has 1 heterocycles. The van der Waals surface area contributed by atoms with Crippen molar-refractivity contribution in [3.8, 4) is 0 Å². The van der Waals surface area contributed by atoms with E-state index in [1.807, 2.05) is 0 Å². The minimum atomic E-state index is -0.708. The highest BCUT2D eigenvalue weighted by Crippen LogP contribution is 2.21. The lowest BCUT2D eigenvalue weighted by Gasteiger charge is -2.05. The first-order valence-electron chi connectivity index (χ1n) is 6.22. The lowest BCUT2D eigenvalue weighted by molar-refractivity contribution is 0.0442. The summed E-state index contributed by atoms with van der Waals surface area (Å²) in [5.74, 6) is -1.13. The summed E-state index contributed by atoms with van der Waals surface area (Å²) in [5.41, 5.74) is 0.331. The van der Waals surface area contributed by atoms with Crippen LogP contribution in [0.3, 0.4) is 0 Å². The predicted molar refractivity (Wildman–Crippen MR) is 78.0 cm³/mol. The van der Waals surface area contributed by atoms with Crippen LogP contribution in [0.2, 0.25) is 0 Å². The fraction of sp³-hybridized carbons (Fsp3) is 0.200. The number of esters is 2. The van der Waals surface area contributed by atoms with Crippen molar-refractivity contribution in [1.82, 2.24) is 0 Å². The normalized spacial score (nSPS) is 10.4. The molecule has 0 atom stereocenters. The molecule has 0 spiro atoms. The third-order valence-electron chi connectivity index (χ3n) is 2.87. The summed E-state index contributed by atoms with van der Waals surface area (Å²) < 4.78 is 28.5. The third-order valence-corrected chi connectivity index (χ3v) is 3.56. The van der Waals surface area contributed by atoms with Gasteiger partial charge < -0.3 is 13.9 Å². The number of methoxy groups -OCH3 is 1. The van der Waals surface area contributed by atoms with Crippen molar-refractivity contribution >= 4 is 27.9 Å². The molecule has 22 heavy (non-hydrogen) atoms. The topological polar surface area (TPSA) is 65.7 Å². The van der Waals surface area contributed by atoms with Gasteiger partial charge in [0.25, 0.3) is 0 Å². The Kier molecular flexibility index (Phi) is 4.97. The number of carbonyl (C=O) groups is 2. The van der Waals surface area contributed by atoms with E-state index in [1.165, 1.54) is 25.3 Å². The number of ether oxygens (including phenoxy) is 2. The van der Waals surface area contributed by atoms with Crippen LogP contribution in [0, 0.1) is 12.7 Å². The quantitative estimate of drug-likeness (QED) is 0.768. The summed E-state index contributed by atoms with van der Waals surface area (Å²) >= 11 is 3.15. The summed E-state index contributed by atoms with van der Waals surface area (Å²) in [6, 6.07) is 5.15. The van der Waals surface area contributed by atoms with Gasteiger partial charge in [0.1, 0.15) is 29.5 Å². The van der Waals surface area contributed by atoms with Crippen LogP contribution in [0.4, 0.5) is 4.39 Å². The molecule has 0 amide bonds. The van der Waals surface area contributed by atoms with E-state index in [9.17, 15) is 14.0 Å². The highest BCUT2D eigenvalue weighted by atomic mass is 79.9. The van der Waals surface area contributed by atoms with E-state index in [0.717, 1.165) is 6.07 Å². The first-order valence-corrected chi connectivity index (χ1v) is 7.01. The molecule has 0 radical (unpaired) electrons. The minimum absolute atomic E-state index is 0.0662. The maximum Gasteiger partial charge on any atom is 0.341 e. The smallest absolute Gasteiger partial charge is 0.341 e. The zero-order valence-electron chi connectivity index (χ0n) is 11.8. The van der Waals surface area contributed by atoms with Crippen molar-refractivity contribution in [2.45, 2.75) is 13.5 Å². The van der Waals surface area contributed by atoms with E-state index >= 15 is 0 Å². The van der Waals surface area contributed by atoms with Gasteiger partial charge in [-0.1, -0.05) is 0 Å². The van der Waals surface area contributed by atoms with E-state index in [-0.39, 0.29) is 17.7 Å². The molecule has 0 bridgehead atoms.